The van der Waals surface area contributed by atoms with Crippen LogP contribution in [0.5, 0.6) is 0 Å². The third-order valence-corrected chi connectivity index (χ3v) is 9.24. The van der Waals surface area contributed by atoms with E-state index < -0.39 is 33.7 Å². The molecule has 1 atom stereocenters. The van der Waals surface area contributed by atoms with Crippen LogP contribution in [0, 0.1) is 0 Å². The third kappa shape index (κ3) is 9.25. The van der Waals surface area contributed by atoms with Crippen LogP contribution in [0.15, 0.2) is 42.5 Å². The quantitative estimate of drug-likeness (QED) is 0.274. The molecule has 0 aromatic heterocycles. The number of sulfonamides is 1. The van der Waals surface area contributed by atoms with Gasteiger partial charge in [-0.15, -0.1) is 0 Å². The summed E-state index contributed by atoms with van der Waals surface area (Å²) < 4.78 is 65.7. The highest BCUT2D eigenvalue weighted by molar-refractivity contribution is 7.92. The van der Waals surface area contributed by atoms with Crippen LogP contribution in [0.1, 0.15) is 69.4 Å². The van der Waals surface area contributed by atoms with Gasteiger partial charge in [-0.3, -0.25) is 13.9 Å². The van der Waals surface area contributed by atoms with Gasteiger partial charge in [0.15, 0.2) is 0 Å². The first-order valence-electron chi connectivity index (χ1n) is 13.9. The second kappa shape index (κ2) is 14.8. The normalized spacial score (nSPS) is 15.2. The zero-order valence-electron chi connectivity index (χ0n) is 23.6. The van der Waals surface area contributed by atoms with Gasteiger partial charge < -0.3 is 10.2 Å². The zero-order chi connectivity index (χ0) is 31.1. The van der Waals surface area contributed by atoms with E-state index in [1.807, 2.05) is 0 Å². The number of carbonyl (C=O) groups excluding carboxylic acids is 2. The van der Waals surface area contributed by atoms with E-state index in [1.165, 1.54) is 11.0 Å². The molecule has 0 radical (unpaired) electrons. The first-order chi connectivity index (χ1) is 19.7. The van der Waals surface area contributed by atoms with Crippen LogP contribution in [-0.4, -0.2) is 50.0 Å². The highest BCUT2D eigenvalue weighted by atomic mass is 35.5. The van der Waals surface area contributed by atoms with Gasteiger partial charge in [-0.05, 0) is 56.0 Å². The number of nitrogens with one attached hydrogen (secondary N) is 1. The van der Waals surface area contributed by atoms with Crippen LogP contribution in [0.2, 0.25) is 10.0 Å². The number of halogens is 5. The molecule has 0 bridgehead atoms. The van der Waals surface area contributed by atoms with Crippen molar-refractivity contribution in [1.82, 2.24) is 10.2 Å². The second-order valence-corrected chi connectivity index (χ2v) is 13.2. The molecular formula is C29H36Cl2F3N3O4S. The number of nitrogens with zero attached hydrogens (tertiary/aromatic N) is 2. The Morgan fingerprint density at radius 1 is 1.05 bits per heavy atom. The van der Waals surface area contributed by atoms with Gasteiger partial charge >= 0.3 is 6.18 Å². The topological polar surface area (TPSA) is 86.8 Å². The Hall–Kier alpha value is -2.50. The summed E-state index contributed by atoms with van der Waals surface area (Å²) >= 11 is 12.8. The minimum absolute atomic E-state index is 0.00438. The summed E-state index contributed by atoms with van der Waals surface area (Å²) in [6.45, 7) is 1.51. The molecule has 1 aliphatic rings. The summed E-state index contributed by atoms with van der Waals surface area (Å²) in [7, 11) is -3.97. The van der Waals surface area contributed by atoms with E-state index in [9.17, 15) is 31.2 Å². The van der Waals surface area contributed by atoms with Gasteiger partial charge in [-0.25, -0.2) is 8.42 Å². The lowest BCUT2D eigenvalue weighted by molar-refractivity contribution is -0.141. The molecule has 0 heterocycles. The minimum Gasteiger partial charge on any atom is -0.352 e. The van der Waals surface area contributed by atoms with Crippen molar-refractivity contribution in [3.8, 4) is 0 Å². The Morgan fingerprint density at radius 2 is 1.67 bits per heavy atom. The highest BCUT2D eigenvalue weighted by Crippen LogP contribution is 2.33. The zero-order valence-corrected chi connectivity index (χ0v) is 25.9. The molecule has 2 amide bonds. The maximum absolute atomic E-state index is 13.7. The monoisotopic (exact) mass is 649 g/mol. The fourth-order valence-electron chi connectivity index (χ4n) is 5.16. The van der Waals surface area contributed by atoms with Gasteiger partial charge in [-0.2, -0.15) is 13.2 Å². The summed E-state index contributed by atoms with van der Waals surface area (Å²) in [6.07, 6.45) is 1.26. The Bertz CT molecular complexity index is 1330. The fraction of sp³-hybridized carbons (Fsp3) is 0.517. The van der Waals surface area contributed by atoms with Gasteiger partial charge in [0.05, 0.1) is 17.5 Å². The van der Waals surface area contributed by atoms with Gasteiger partial charge in [0.1, 0.15) is 6.04 Å². The van der Waals surface area contributed by atoms with E-state index in [-0.39, 0.29) is 43.6 Å². The van der Waals surface area contributed by atoms with Crippen molar-refractivity contribution in [1.29, 1.82) is 0 Å². The molecule has 0 saturated heterocycles. The molecule has 0 unspecified atom stereocenters. The number of alkyl halides is 3. The lowest BCUT2D eigenvalue weighted by atomic mass is 9.95. The smallest absolute Gasteiger partial charge is 0.352 e. The SMILES string of the molecule is CC[C@@H](C(=O)NC1CCCCC1)N(Cc1c(Cl)cccc1Cl)C(=O)CCCN(c1cccc(C(F)(F)F)c1)S(C)(=O)=O. The summed E-state index contributed by atoms with van der Waals surface area (Å²) in [5.41, 5.74) is -0.667. The van der Waals surface area contributed by atoms with Crippen LogP contribution in [0.3, 0.4) is 0 Å². The molecule has 1 N–H and O–H groups in total. The maximum atomic E-state index is 13.7. The first-order valence-corrected chi connectivity index (χ1v) is 16.5. The highest BCUT2D eigenvalue weighted by Gasteiger charge is 2.33. The third-order valence-electron chi connectivity index (χ3n) is 7.34. The minimum atomic E-state index is -4.65. The molecule has 42 heavy (non-hydrogen) atoms. The summed E-state index contributed by atoms with van der Waals surface area (Å²) in [5.74, 6) is -0.725. The van der Waals surface area contributed by atoms with E-state index in [0.717, 1.165) is 60.9 Å². The molecule has 3 rings (SSSR count). The van der Waals surface area contributed by atoms with Crippen molar-refractivity contribution in [2.75, 3.05) is 17.1 Å². The van der Waals surface area contributed by atoms with Crippen molar-refractivity contribution >= 4 is 50.7 Å². The Morgan fingerprint density at radius 3 is 2.24 bits per heavy atom. The number of amides is 2. The summed E-state index contributed by atoms with van der Waals surface area (Å²) in [5, 5.41) is 3.73. The molecule has 7 nitrogen and oxygen atoms in total. The van der Waals surface area contributed by atoms with Gasteiger partial charge in [0.25, 0.3) is 0 Å². The molecule has 0 aliphatic heterocycles. The average Bonchev–Trinajstić information content (AvgIpc) is 2.92. The Kier molecular flexibility index (Phi) is 12.0. The molecule has 1 saturated carbocycles. The van der Waals surface area contributed by atoms with Crippen LogP contribution >= 0.6 is 23.2 Å². The van der Waals surface area contributed by atoms with E-state index in [2.05, 4.69) is 5.32 Å². The molecule has 1 fully saturated rings. The van der Waals surface area contributed by atoms with Crippen LogP contribution in [-0.2, 0) is 32.3 Å². The van der Waals surface area contributed by atoms with Crippen molar-refractivity contribution in [2.45, 2.75) is 83.1 Å². The van der Waals surface area contributed by atoms with Gasteiger partial charge in [0.2, 0.25) is 21.8 Å². The number of hydrogen-bond acceptors (Lipinski definition) is 4. The fourth-order valence-corrected chi connectivity index (χ4v) is 6.63. The second-order valence-electron chi connectivity index (χ2n) is 10.5. The number of benzene rings is 2. The summed E-state index contributed by atoms with van der Waals surface area (Å²) in [4.78, 5) is 28.5. The molecule has 2 aromatic carbocycles. The predicted molar refractivity (Wildman–Crippen MR) is 159 cm³/mol. The van der Waals surface area contributed by atoms with Crippen molar-refractivity contribution in [2.24, 2.45) is 0 Å². The van der Waals surface area contributed by atoms with Crippen LogP contribution < -0.4 is 9.62 Å². The van der Waals surface area contributed by atoms with Crippen molar-refractivity contribution in [3.05, 3.63) is 63.6 Å². The number of rotatable bonds is 12. The molecular weight excluding hydrogens is 614 g/mol. The van der Waals surface area contributed by atoms with Crippen molar-refractivity contribution in [3.63, 3.8) is 0 Å². The lowest BCUT2D eigenvalue weighted by Crippen LogP contribution is -2.51. The molecule has 2 aromatic rings. The molecule has 232 valence electrons. The van der Waals surface area contributed by atoms with E-state index in [1.54, 1.807) is 25.1 Å². The Balaban J connectivity index is 1.82. The Labute approximate surface area is 255 Å². The number of anilines is 1. The largest absolute Gasteiger partial charge is 0.416 e. The molecule has 0 spiro atoms. The van der Waals surface area contributed by atoms with E-state index in [4.69, 9.17) is 23.2 Å². The molecule has 1 aliphatic carbocycles. The number of hydrogen-bond donors (Lipinski definition) is 1. The lowest BCUT2D eigenvalue weighted by Gasteiger charge is -2.33. The standard InChI is InChI=1S/C29H36Cl2F3N3O4S/c1-3-26(28(39)35-21-11-5-4-6-12-21)36(19-23-24(30)14-8-15-25(23)31)27(38)16-9-17-37(42(2,40)41)22-13-7-10-20(18-22)29(32,33)34/h7-8,10,13-15,18,21,26H,3-6,9,11-12,16-17,19H2,1-2H3,(H,35,39)/t26-/m0/s1. The average molecular weight is 651 g/mol. The first kappa shape index (κ1) is 34.0. The van der Waals surface area contributed by atoms with Crippen LogP contribution in [0.4, 0.5) is 18.9 Å². The van der Waals surface area contributed by atoms with Crippen molar-refractivity contribution < 1.29 is 31.2 Å². The summed E-state index contributed by atoms with van der Waals surface area (Å²) in [6, 6.07) is 8.14. The van der Waals surface area contributed by atoms with Crippen LogP contribution in [0.25, 0.3) is 0 Å². The van der Waals surface area contributed by atoms with Gasteiger partial charge in [0, 0.05) is 41.2 Å². The molecule has 13 heteroatoms. The number of carbonyl (C=O) groups is 2. The van der Waals surface area contributed by atoms with E-state index in [0.29, 0.717) is 22.0 Å². The predicted octanol–water partition coefficient (Wildman–Crippen LogP) is 6.81. The van der Waals surface area contributed by atoms with E-state index >= 15 is 0 Å². The maximum Gasteiger partial charge on any atom is 0.416 e. The van der Waals surface area contributed by atoms with Gasteiger partial charge in [-0.1, -0.05) is 61.5 Å².